The second-order valence-corrected chi connectivity index (χ2v) is 8.41. The number of hydrogen-bond donors (Lipinski definition) is 0. The fraction of sp³-hybridized carbons (Fsp3) is 0.280. The minimum Gasteiger partial charge on any atom is -0.305 e. The number of rotatable bonds is 3. The summed E-state index contributed by atoms with van der Waals surface area (Å²) in [5, 5.41) is 0.581. The van der Waals surface area contributed by atoms with Gasteiger partial charge in [-0.25, -0.2) is 15.0 Å². The van der Waals surface area contributed by atoms with Crippen LogP contribution in [0.25, 0.3) is 33.2 Å². The first-order chi connectivity index (χ1) is 15.3. The third-order valence-electron chi connectivity index (χ3n) is 6.40. The standard InChI is InChI=1S/C25H23N5O/c31-25-21-22-24(28-20-14-8-7-13-19(20)27-22)30(18-11-5-2-6-12-18)23(21)26-16-29(25)15-17-9-3-1-4-10-17/h1,3-4,7-10,13-14,16,18H,2,5-6,11-12,15H2. The van der Waals surface area contributed by atoms with Crippen molar-refractivity contribution < 1.29 is 0 Å². The number of nitrogens with zero attached hydrogens (tertiary/aromatic N) is 5. The van der Waals surface area contributed by atoms with Gasteiger partial charge in [0.1, 0.15) is 17.2 Å². The molecule has 0 radical (unpaired) electrons. The molecule has 5 aromatic rings. The maximum atomic E-state index is 13.6. The summed E-state index contributed by atoms with van der Waals surface area (Å²) in [7, 11) is 0. The molecule has 6 heteroatoms. The maximum Gasteiger partial charge on any atom is 0.265 e. The fourth-order valence-electron chi connectivity index (χ4n) is 4.88. The van der Waals surface area contributed by atoms with Crippen LogP contribution in [0.1, 0.15) is 43.7 Å². The second-order valence-electron chi connectivity index (χ2n) is 8.41. The van der Waals surface area contributed by atoms with Gasteiger partial charge in [0.15, 0.2) is 11.3 Å². The van der Waals surface area contributed by atoms with Crippen molar-refractivity contribution in [3.63, 3.8) is 0 Å². The molecule has 3 heterocycles. The highest BCUT2D eigenvalue weighted by Gasteiger charge is 2.25. The first-order valence-corrected chi connectivity index (χ1v) is 11.0. The highest BCUT2D eigenvalue weighted by molar-refractivity contribution is 6.04. The number of aromatic nitrogens is 5. The Balaban J connectivity index is 1.64. The number of benzene rings is 2. The molecule has 1 aliphatic rings. The van der Waals surface area contributed by atoms with E-state index in [2.05, 4.69) is 4.57 Å². The van der Waals surface area contributed by atoms with Gasteiger partial charge in [0.2, 0.25) is 0 Å². The Morgan fingerprint density at radius 1 is 0.839 bits per heavy atom. The normalized spacial score (nSPS) is 15.2. The third-order valence-corrected chi connectivity index (χ3v) is 6.40. The van der Waals surface area contributed by atoms with Crippen molar-refractivity contribution in [2.24, 2.45) is 0 Å². The summed E-state index contributed by atoms with van der Waals surface area (Å²) in [6, 6.07) is 18.2. The van der Waals surface area contributed by atoms with E-state index in [0.29, 0.717) is 29.1 Å². The van der Waals surface area contributed by atoms with E-state index < -0.39 is 0 Å². The van der Waals surface area contributed by atoms with Crippen molar-refractivity contribution in [2.45, 2.75) is 44.7 Å². The summed E-state index contributed by atoms with van der Waals surface area (Å²) < 4.78 is 3.87. The van der Waals surface area contributed by atoms with Crippen LogP contribution in [-0.2, 0) is 6.54 Å². The van der Waals surface area contributed by atoms with Crippen molar-refractivity contribution in [3.8, 4) is 0 Å². The summed E-state index contributed by atoms with van der Waals surface area (Å²) in [5.41, 5.74) is 4.82. The van der Waals surface area contributed by atoms with Gasteiger partial charge < -0.3 is 4.57 Å². The van der Waals surface area contributed by atoms with Crippen molar-refractivity contribution in [2.75, 3.05) is 0 Å². The molecular weight excluding hydrogens is 386 g/mol. The van der Waals surface area contributed by atoms with E-state index in [0.717, 1.165) is 35.1 Å². The van der Waals surface area contributed by atoms with E-state index in [-0.39, 0.29) is 5.56 Å². The molecule has 0 spiro atoms. The van der Waals surface area contributed by atoms with E-state index in [9.17, 15) is 4.79 Å². The van der Waals surface area contributed by atoms with E-state index in [1.54, 1.807) is 10.9 Å². The molecule has 0 N–H and O–H groups in total. The molecule has 6 rings (SSSR count). The van der Waals surface area contributed by atoms with Crippen molar-refractivity contribution >= 4 is 33.2 Å². The third kappa shape index (κ3) is 3.02. The Bertz CT molecular complexity index is 1460. The fourth-order valence-corrected chi connectivity index (χ4v) is 4.88. The van der Waals surface area contributed by atoms with Crippen LogP contribution in [0.15, 0.2) is 65.7 Å². The predicted molar refractivity (Wildman–Crippen MR) is 122 cm³/mol. The number of fused-ring (bicyclic) bond motifs is 4. The number of hydrogen-bond acceptors (Lipinski definition) is 4. The van der Waals surface area contributed by atoms with Gasteiger partial charge in [0, 0.05) is 6.04 Å². The molecule has 3 aromatic heterocycles. The average molecular weight is 409 g/mol. The molecule has 2 aromatic carbocycles. The van der Waals surface area contributed by atoms with Gasteiger partial charge in [0.05, 0.1) is 17.6 Å². The highest BCUT2D eigenvalue weighted by atomic mass is 16.1. The number of para-hydroxylation sites is 2. The van der Waals surface area contributed by atoms with Gasteiger partial charge in [-0.1, -0.05) is 61.7 Å². The van der Waals surface area contributed by atoms with Crippen LogP contribution in [0.3, 0.4) is 0 Å². The molecule has 0 unspecified atom stereocenters. The van der Waals surface area contributed by atoms with Gasteiger partial charge in [-0.05, 0) is 30.5 Å². The lowest BCUT2D eigenvalue weighted by atomic mass is 9.95. The van der Waals surface area contributed by atoms with E-state index in [1.165, 1.54) is 19.3 Å². The first-order valence-electron chi connectivity index (χ1n) is 11.0. The predicted octanol–water partition coefficient (Wildman–Crippen LogP) is 4.85. The Labute approximate surface area is 179 Å². The molecule has 1 saturated carbocycles. The monoisotopic (exact) mass is 409 g/mol. The molecule has 0 amide bonds. The molecule has 0 aliphatic heterocycles. The van der Waals surface area contributed by atoms with Crippen molar-refractivity contribution in [1.29, 1.82) is 0 Å². The zero-order chi connectivity index (χ0) is 20.8. The van der Waals surface area contributed by atoms with Gasteiger partial charge in [0.25, 0.3) is 5.56 Å². The lowest BCUT2D eigenvalue weighted by molar-refractivity contribution is 0.365. The SMILES string of the molecule is O=c1c2c3nc4ccccc4nc3n(C3CCCCC3)c2ncn1Cc1ccccc1. The molecule has 0 bridgehead atoms. The second kappa shape index (κ2) is 7.30. The molecule has 0 saturated heterocycles. The van der Waals surface area contributed by atoms with Gasteiger partial charge in [-0.3, -0.25) is 9.36 Å². The highest BCUT2D eigenvalue weighted by Crippen LogP contribution is 2.35. The first kappa shape index (κ1) is 18.2. The van der Waals surface area contributed by atoms with E-state index >= 15 is 0 Å². The molecule has 154 valence electrons. The zero-order valence-corrected chi connectivity index (χ0v) is 17.2. The summed E-state index contributed by atoms with van der Waals surface area (Å²) in [6.07, 6.45) is 7.50. The molecular formula is C25H23N5O. The largest absolute Gasteiger partial charge is 0.305 e. The lowest BCUT2D eigenvalue weighted by Gasteiger charge is -2.24. The van der Waals surface area contributed by atoms with Crippen LogP contribution in [0, 0.1) is 0 Å². The zero-order valence-electron chi connectivity index (χ0n) is 17.2. The minimum atomic E-state index is -0.0574. The Morgan fingerprint density at radius 3 is 2.32 bits per heavy atom. The van der Waals surface area contributed by atoms with Crippen molar-refractivity contribution in [3.05, 3.63) is 76.8 Å². The maximum absolute atomic E-state index is 13.6. The minimum absolute atomic E-state index is 0.0574. The van der Waals surface area contributed by atoms with Crippen LogP contribution < -0.4 is 5.56 Å². The van der Waals surface area contributed by atoms with Crippen LogP contribution in [0.4, 0.5) is 0 Å². The lowest BCUT2D eigenvalue weighted by Crippen LogP contribution is -2.22. The topological polar surface area (TPSA) is 65.6 Å². The van der Waals surface area contributed by atoms with E-state index in [4.69, 9.17) is 15.0 Å². The van der Waals surface area contributed by atoms with Crippen molar-refractivity contribution in [1.82, 2.24) is 24.1 Å². The summed E-state index contributed by atoms with van der Waals surface area (Å²) in [5.74, 6) is 0. The van der Waals surface area contributed by atoms with Crippen LogP contribution >= 0.6 is 0 Å². The summed E-state index contributed by atoms with van der Waals surface area (Å²) >= 11 is 0. The average Bonchev–Trinajstić information content (AvgIpc) is 3.14. The smallest absolute Gasteiger partial charge is 0.265 e. The van der Waals surface area contributed by atoms with Gasteiger partial charge in [-0.2, -0.15) is 0 Å². The summed E-state index contributed by atoms with van der Waals surface area (Å²) in [4.78, 5) is 28.3. The summed E-state index contributed by atoms with van der Waals surface area (Å²) in [6.45, 7) is 0.486. The van der Waals surface area contributed by atoms with Crippen LogP contribution in [-0.4, -0.2) is 24.1 Å². The Hall–Kier alpha value is -3.54. The molecule has 1 aliphatic carbocycles. The Morgan fingerprint density at radius 2 is 1.55 bits per heavy atom. The Kier molecular flexibility index (Phi) is 4.30. The van der Waals surface area contributed by atoms with E-state index in [1.807, 2.05) is 54.6 Å². The van der Waals surface area contributed by atoms with Crippen LogP contribution in [0.5, 0.6) is 0 Å². The molecule has 1 fully saturated rings. The van der Waals surface area contributed by atoms with Gasteiger partial charge >= 0.3 is 0 Å². The van der Waals surface area contributed by atoms with Gasteiger partial charge in [-0.15, -0.1) is 0 Å². The quantitative estimate of drug-likeness (QED) is 0.427. The molecule has 31 heavy (non-hydrogen) atoms. The van der Waals surface area contributed by atoms with Crippen LogP contribution in [0.2, 0.25) is 0 Å². The molecule has 0 atom stereocenters. The molecule has 6 nitrogen and oxygen atoms in total.